The van der Waals surface area contributed by atoms with Gasteiger partial charge in [-0.05, 0) is 43.9 Å². The van der Waals surface area contributed by atoms with Gasteiger partial charge in [0.15, 0.2) is 0 Å². The molecule has 0 fully saturated rings. The predicted octanol–water partition coefficient (Wildman–Crippen LogP) is 3.77. The first kappa shape index (κ1) is 13.5. The van der Waals surface area contributed by atoms with Crippen LogP contribution in [0.5, 0.6) is 0 Å². The van der Waals surface area contributed by atoms with Gasteiger partial charge in [0.2, 0.25) is 0 Å². The molecule has 4 heteroatoms. The van der Waals surface area contributed by atoms with Crippen LogP contribution in [0.25, 0.3) is 0 Å². The predicted molar refractivity (Wildman–Crippen MR) is 73.5 cm³/mol. The van der Waals surface area contributed by atoms with E-state index in [1.54, 1.807) is 0 Å². The van der Waals surface area contributed by atoms with Crippen LogP contribution in [0.4, 0.5) is 20.2 Å². The van der Waals surface area contributed by atoms with Crippen molar-refractivity contribution in [3.05, 3.63) is 59.7 Å². The van der Waals surface area contributed by atoms with Gasteiger partial charge in [-0.15, -0.1) is 0 Å². The van der Waals surface area contributed by atoms with Gasteiger partial charge in [0.1, 0.15) is 17.3 Å². The minimum absolute atomic E-state index is 0.122. The maximum atomic E-state index is 13.5. The summed E-state index contributed by atoms with van der Waals surface area (Å²) in [6.07, 6.45) is 0. The summed E-state index contributed by atoms with van der Waals surface area (Å²) in [5.74, 6) is -1.20. The van der Waals surface area contributed by atoms with Crippen molar-refractivity contribution in [3.8, 4) is 0 Å². The van der Waals surface area contributed by atoms with Crippen LogP contribution < -0.4 is 5.32 Å². The van der Waals surface area contributed by atoms with Crippen LogP contribution in [-0.2, 0) is 6.54 Å². The highest BCUT2D eigenvalue weighted by molar-refractivity contribution is 5.60. The average Bonchev–Trinajstić information content (AvgIpc) is 2.35. The number of anilines is 2. The SMILES string of the molecule is CN(C)Cc1ccc(Nc2c(F)cccc2F)cc1. The Morgan fingerprint density at radius 1 is 0.947 bits per heavy atom. The van der Waals surface area contributed by atoms with Gasteiger partial charge >= 0.3 is 0 Å². The van der Waals surface area contributed by atoms with E-state index < -0.39 is 11.6 Å². The van der Waals surface area contributed by atoms with Gasteiger partial charge in [0.05, 0.1) is 0 Å². The van der Waals surface area contributed by atoms with Crippen molar-refractivity contribution in [1.29, 1.82) is 0 Å². The monoisotopic (exact) mass is 262 g/mol. The van der Waals surface area contributed by atoms with E-state index in [9.17, 15) is 8.78 Å². The highest BCUT2D eigenvalue weighted by Crippen LogP contribution is 2.23. The van der Waals surface area contributed by atoms with Crippen molar-refractivity contribution < 1.29 is 8.78 Å². The Morgan fingerprint density at radius 2 is 1.53 bits per heavy atom. The fraction of sp³-hybridized carbons (Fsp3) is 0.200. The van der Waals surface area contributed by atoms with Gasteiger partial charge in [-0.1, -0.05) is 18.2 Å². The van der Waals surface area contributed by atoms with Gasteiger partial charge in [-0.2, -0.15) is 0 Å². The normalized spacial score (nSPS) is 10.8. The summed E-state index contributed by atoms with van der Waals surface area (Å²) in [4.78, 5) is 2.05. The molecule has 2 nitrogen and oxygen atoms in total. The maximum Gasteiger partial charge on any atom is 0.149 e. The molecule has 2 aromatic rings. The summed E-state index contributed by atoms with van der Waals surface area (Å²) >= 11 is 0. The second-order valence-electron chi connectivity index (χ2n) is 4.66. The minimum atomic E-state index is -0.600. The summed E-state index contributed by atoms with van der Waals surface area (Å²) in [6.45, 7) is 0.828. The summed E-state index contributed by atoms with van der Waals surface area (Å²) in [7, 11) is 3.97. The quantitative estimate of drug-likeness (QED) is 0.902. The van der Waals surface area contributed by atoms with E-state index in [1.165, 1.54) is 18.2 Å². The molecule has 0 amide bonds. The Kier molecular flexibility index (Phi) is 4.12. The zero-order chi connectivity index (χ0) is 13.8. The van der Waals surface area contributed by atoms with Crippen LogP contribution >= 0.6 is 0 Å². The van der Waals surface area contributed by atoms with Crippen LogP contribution in [0, 0.1) is 11.6 Å². The first-order valence-electron chi connectivity index (χ1n) is 6.01. The minimum Gasteiger partial charge on any atom is -0.351 e. The molecule has 2 aromatic carbocycles. The molecule has 0 saturated heterocycles. The van der Waals surface area contributed by atoms with Crippen LogP contribution in [0.3, 0.4) is 0 Å². The van der Waals surface area contributed by atoms with E-state index >= 15 is 0 Å². The Hall–Kier alpha value is -1.94. The Labute approximate surface area is 111 Å². The Morgan fingerprint density at radius 3 is 2.05 bits per heavy atom. The van der Waals surface area contributed by atoms with Crippen molar-refractivity contribution in [2.45, 2.75) is 6.54 Å². The number of hydrogen-bond acceptors (Lipinski definition) is 2. The molecule has 0 atom stereocenters. The number of nitrogens with one attached hydrogen (secondary N) is 1. The van der Waals surface area contributed by atoms with Gasteiger partial charge in [-0.3, -0.25) is 0 Å². The number of hydrogen-bond donors (Lipinski definition) is 1. The molecule has 0 aromatic heterocycles. The highest BCUT2D eigenvalue weighted by Gasteiger charge is 2.08. The van der Waals surface area contributed by atoms with Gasteiger partial charge in [0.25, 0.3) is 0 Å². The molecule has 2 rings (SSSR count). The molecule has 100 valence electrons. The second kappa shape index (κ2) is 5.80. The Balaban J connectivity index is 2.15. The topological polar surface area (TPSA) is 15.3 Å². The van der Waals surface area contributed by atoms with Gasteiger partial charge in [0, 0.05) is 12.2 Å². The third kappa shape index (κ3) is 3.51. The molecular formula is C15H16F2N2. The Bertz CT molecular complexity index is 530. The molecule has 0 spiro atoms. The van der Waals surface area contributed by atoms with E-state index in [-0.39, 0.29) is 5.69 Å². The van der Waals surface area contributed by atoms with Crippen molar-refractivity contribution in [2.75, 3.05) is 19.4 Å². The highest BCUT2D eigenvalue weighted by atomic mass is 19.1. The maximum absolute atomic E-state index is 13.5. The smallest absolute Gasteiger partial charge is 0.149 e. The zero-order valence-corrected chi connectivity index (χ0v) is 11.0. The molecular weight excluding hydrogens is 246 g/mol. The van der Waals surface area contributed by atoms with Gasteiger partial charge in [-0.25, -0.2) is 8.78 Å². The number of nitrogens with zero attached hydrogens (tertiary/aromatic N) is 1. The number of para-hydroxylation sites is 1. The lowest BCUT2D eigenvalue weighted by Crippen LogP contribution is -2.10. The molecule has 0 unspecified atom stereocenters. The lowest BCUT2D eigenvalue weighted by Gasteiger charge is -2.11. The fourth-order valence-electron chi connectivity index (χ4n) is 1.82. The molecule has 0 saturated carbocycles. The van der Waals surface area contributed by atoms with Crippen molar-refractivity contribution in [1.82, 2.24) is 4.90 Å². The molecule has 1 N–H and O–H groups in total. The van der Waals surface area contributed by atoms with Gasteiger partial charge < -0.3 is 10.2 Å². The molecule has 19 heavy (non-hydrogen) atoms. The van der Waals surface area contributed by atoms with E-state index in [2.05, 4.69) is 10.2 Å². The van der Waals surface area contributed by atoms with Crippen molar-refractivity contribution in [3.63, 3.8) is 0 Å². The van der Waals surface area contributed by atoms with Crippen LogP contribution in [0.2, 0.25) is 0 Å². The van der Waals surface area contributed by atoms with E-state index in [4.69, 9.17) is 0 Å². The molecule has 0 radical (unpaired) electrons. The lowest BCUT2D eigenvalue weighted by atomic mass is 10.2. The largest absolute Gasteiger partial charge is 0.351 e. The number of halogens is 2. The van der Waals surface area contributed by atoms with Crippen molar-refractivity contribution >= 4 is 11.4 Å². The van der Waals surface area contributed by atoms with Crippen LogP contribution in [-0.4, -0.2) is 19.0 Å². The molecule has 0 aliphatic rings. The average molecular weight is 262 g/mol. The van der Waals surface area contributed by atoms with Crippen LogP contribution in [0.1, 0.15) is 5.56 Å². The molecule has 0 aliphatic heterocycles. The molecule has 0 bridgehead atoms. The fourth-order valence-corrected chi connectivity index (χ4v) is 1.82. The first-order valence-corrected chi connectivity index (χ1v) is 6.01. The summed E-state index contributed by atoms with van der Waals surface area (Å²) in [5.41, 5.74) is 1.68. The summed E-state index contributed by atoms with van der Waals surface area (Å²) in [5, 5.41) is 2.76. The first-order chi connectivity index (χ1) is 9.06. The van der Waals surface area contributed by atoms with E-state index in [1.807, 2.05) is 38.4 Å². The zero-order valence-electron chi connectivity index (χ0n) is 11.0. The summed E-state index contributed by atoms with van der Waals surface area (Å²) in [6, 6.07) is 11.3. The van der Waals surface area contributed by atoms with E-state index in [0.29, 0.717) is 5.69 Å². The third-order valence-corrected chi connectivity index (χ3v) is 2.68. The number of benzene rings is 2. The molecule has 0 heterocycles. The second-order valence-corrected chi connectivity index (χ2v) is 4.66. The van der Waals surface area contributed by atoms with Crippen LogP contribution in [0.15, 0.2) is 42.5 Å². The summed E-state index contributed by atoms with van der Waals surface area (Å²) < 4.78 is 27.0. The van der Waals surface area contributed by atoms with Crippen molar-refractivity contribution in [2.24, 2.45) is 0 Å². The molecule has 0 aliphatic carbocycles. The third-order valence-electron chi connectivity index (χ3n) is 2.68. The number of rotatable bonds is 4. The lowest BCUT2D eigenvalue weighted by molar-refractivity contribution is 0.402. The van der Waals surface area contributed by atoms with E-state index in [0.717, 1.165) is 12.1 Å². The standard InChI is InChI=1S/C15H16F2N2/c1-19(2)10-11-6-8-12(9-7-11)18-15-13(16)4-3-5-14(15)17/h3-9,18H,10H2,1-2H3.